The summed E-state index contributed by atoms with van der Waals surface area (Å²) in [5.74, 6) is 0. The minimum absolute atomic E-state index is 0. The van der Waals surface area contributed by atoms with Crippen molar-refractivity contribution in [3.63, 3.8) is 0 Å². The van der Waals surface area contributed by atoms with E-state index in [0.29, 0.717) is 0 Å². The molecule has 0 aliphatic carbocycles. The van der Waals surface area contributed by atoms with E-state index in [1.807, 2.05) is 0 Å². The molecular formula is KNaO4SiZn. The normalized spacial score (nSPS) is 7.50. The van der Waals surface area contributed by atoms with Crippen molar-refractivity contribution in [1.29, 1.82) is 0 Å². The van der Waals surface area contributed by atoms with E-state index in [9.17, 15) is 0 Å². The Balaban J connectivity index is -0.0000000267. The maximum atomic E-state index is 8.58. The Bertz CT molecular complexity index is 31.5. The van der Waals surface area contributed by atoms with Crippen LogP contribution in [0.5, 0.6) is 0 Å². The van der Waals surface area contributed by atoms with Crippen LogP contribution in [0.15, 0.2) is 0 Å². The van der Waals surface area contributed by atoms with Gasteiger partial charge >= 0.3 is 100 Å². The summed E-state index contributed by atoms with van der Waals surface area (Å²) < 4.78 is 0. The van der Waals surface area contributed by atoms with Crippen LogP contribution in [0, 0.1) is 0 Å². The van der Waals surface area contributed by atoms with Crippen LogP contribution in [-0.4, -0.2) is 9.05 Å². The molecule has 0 unspecified atom stereocenters. The molecule has 0 rings (SSSR count). The molecule has 0 N–H and O–H groups in total. The fourth-order valence-electron chi connectivity index (χ4n) is 0. The minimum atomic E-state index is -5.61. The first-order chi connectivity index (χ1) is 2.00. The van der Waals surface area contributed by atoms with Gasteiger partial charge in [-0.2, -0.15) is 0 Å². The van der Waals surface area contributed by atoms with Crippen molar-refractivity contribution in [3.8, 4) is 0 Å². The second-order valence-electron chi connectivity index (χ2n) is 0.500. The molecule has 0 aromatic rings. The van der Waals surface area contributed by atoms with Gasteiger partial charge in [0, 0.05) is 0 Å². The third kappa shape index (κ3) is 58.6. The summed E-state index contributed by atoms with van der Waals surface area (Å²) >= 11 is 0. The van der Waals surface area contributed by atoms with Crippen LogP contribution in [0.25, 0.3) is 0 Å². The fourth-order valence-corrected chi connectivity index (χ4v) is 0. The van der Waals surface area contributed by atoms with Crippen molar-refractivity contribution in [3.05, 3.63) is 0 Å². The van der Waals surface area contributed by atoms with Crippen molar-refractivity contribution in [2.45, 2.75) is 0 Å². The zero-order valence-corrected chi connectivity index (χ0v) is 13.9. The Morgan fingerprint density at radius 3 is 0.875 bits per heavy atom. The van der Waals surface area contributed by atoms with E-state index in [-0.39, 0.29) is 100 Å². The Morgan fingerprint density at radius 1 is 0.875 bits per heavy atom. The van der Waals surface area contributed by atoms with Gasteiger partial charge in [-0.15, -0.1) is 0 Å². The van der Waals surface area contributed by atoms with Crippen molar-refractivity contribution < 1.29 is 120 Å². The van der Waals surface area contributed by atoms with Crippen molar-refractivity contribution >= 4 is 9.05 Å². The van der Waals surface area contributed by atoms with Crippen LogP contribution < -0.4 is 100 Å². The van der Waals surface area contributed by atoms with Crippen LogP contribution in [-0.2, 0) is 19.5 Å². The van der Waals surface area contributed by atoms with E-state index < -0.39 is 9.05 Å². The Kier molecular flexibility index (Phi) is 29.0. The van der Waals surface area contributed by atoms with Gasteiger partial charge in [0.2, 0.25) is 0 Å². The van der Waals surface area contributed by atoms with Gasteiger partial charge in [-0.25, -0.2) is 0 Å². The SMILES string of the molecule is [K+].[Na+].[O-][Si]([O-])([O-])[O-].[Zn+2]. The quantitative estimate of drug-likeness (QED) is 0.378. The van der Waals surface area contributed by atoms with Gasteiger partial charge in [0.1, 0.15) is 0 Å². The molecule has 0 atom stereocenters. The van der Waals surface area contributed by atoms with E-state index >= 15 is 0 Å². The Labute approximate surface area is 126 Å². The fraction of sp³-hybridized carbons (Fsp3) is 0. The standard InChI is InChI=1S/K.Na.O4Si.Zn/c;;1-5(2,3)4;/q2*+1;-4;+2. The molecule has 0 aliphatic heterocycles. The molecule has 0 aromatic carbocycles. The topological polar surface area (TPSA) is 92.2 Å². The third-order valence-corrected chi connectivity index (χ3v) is 0. The summed E-state index contributed by atoms with van der Waals surface area (Å²) in [6, 6.07) is 0. The summed E-state index contributed by atoms with van der Waals surface area (Å²) in [5.41, 5.74) is 0. The summed E-state index contributed by atoms with van der Waals surface area (Å²) in [5, 5.41) is 0. The maximum absolute atomic E-state index is 8.58. The Morgan fingerprint density at radius 2 is 0.875 bits per heavy atom. The molecule has 0 saturated heterocycles. The average molecular weight is 220 g/mol. The van der Waals surface area contributed by atoms with Crippen molar-refractivity contribution in [2.24, 2.45) is 0 Å². The van der Waals surface area contributed by atoms with E-state index in [1.165, 1.54) is 0 Å². The van der Waals surface area contributed by atoms with Crippen LogP contribution in [0.4, 0.5) is 0 Å². The largest absolute Gasteiger partial charge is 2.00 e. The maximum Gasteiger partial charge on any atom is 2.00 e. The van der Waals surface area contributed by atoms with Crippen molar-refractivity contribution in [2.75, 3.05) is 0 Å². The molecule has 0 amide bonds. The van der Waals surface area contributed by atoms with Crippen LogP contribution >= 0.6 is 0 Å². The predicted octanol–water partition coefficient (Wildman–Crippen LogP) is -11.1. The smallest absolute Gasteiger partial charge is 0.894 e. The van der Waals surface area contributed by atoms with Gasteiger partial charge in [0.05, 0.1) is 0 Å². The van der Waals surface area contributed by atoms with E-state index in [4.69, 9.17) is 19.2 Å². The molecule has 0 aliphatic rings. The third-order valence-electron chi connectivity index (χ3n) is 0. The van der Waals surface area contributed by atoms with Gasteiger partial charge in [-0.05, 0) is 0 Å². The van der Waals surface area contributed by atoms with Crippen LogP contribution in [0.1, 0.15) is 0 Å². The molecular weight excluding hydrogens is 220 g/mol. The monoisotopic (exact) mass is 218 g/mol. The molecule has 0 fully saturated rings. The first-order valence-electron chi connectivity index (χ1n) is 0.816. The summed E-state index contributed by atoms with van der Waals surface area (Å²) in [6.45, 7) is 0. The van der Waals surface area contributed by atoms with Gasteiger partial charge in [-0.3, -0.25) is 0 Å². The van der Waals surface area contributed by atoms with E-state index in [1.54, 1.807) is 0 Å². The summed E-state index contributed by atoms with van der Waals surface area (Å²) in [4.78, 5) is 34.3. The molecule has 0 spiro atoms. The van der Waals surface area contributed by atoms with E-state index in [0.717, 1.165) is 0 Å². The summed E-state index contributed by atoms with van der Waals surface area (Å²) in [7, 11) is -5.61. The zero-order chi connectivity index (χ0) is 4.50. The summed E-state index contributed by atoms with van der Waals surface area (Å²) in [6.07, 6.45) is 0. The first-order valence-corrected chi connectivity index (χ1v) is 2.45. The molecule has 0 saturated carbocycles. The second-order valence-corrected chi connectivity index (χ2v) is 1.50. The predicted molar refractivity (Wildman–Crippen MR) is 5.75 cm³/mol. The van der Waals surface area contributed by atoms with Gasteiger partial charge in [0.25, 0.3) is 0 Å². The molecule has 0 bridgehead atoms. The molecule has 8 heteroatoms. The molecule has 4 nitrogen and oxygen atoms in total. The van der Waals surface area contributed by atoms with Gasteiger partial charge in [0.15, 0.2) is 0 Å². The molecule has 0 heterocycles. The van der Waals surface area contributed by atoms with Crippen molar-refractivity contribution in [1.82, 2.24) is 0 Å². The molecule has 32 valence electrons. The molecule has 8 heavy (non-hydrogen) atoms. The zero-order valence-electron chi connectivity index (χ0n) is 4.84. The number of rotatable bonds is 0. The van der Waals surface area contributed by atoms with Gasteiger partial charge in [-0.1, -0.05) is 0 Å². The number of hydrogen-bond donors (Lipinski definition) is 0. The van der Waals surface area contributed by atoms with Gasteiger partial charge < -0.3 is 28.2 Å². The van der Waals surface area contributed by atoms with E-state index in [2.05, 4.69) is 0 Å². The van der Waals surface area contributed by atoms with Crippen LogP contribution in [0.3, 0.4) is 0 Å². The Hall–Kier alpha value is 3.32. The molecule has 0 radical (unpaired) electrons. The molecule has 0 aromatic heterocycles. The second kappa shape index (κ2) is 10.3. The minimum Gasteiger partial charge on any atom is -0.894 e. The average Bonchev–Trinajstić information content (AvgIpc) is 0.722. The number of hydrogen-bond acceptors (Lipinski definition) is 4. The first kappa shape index (κ1) is 22.5. The van der Waals surface area contributed by atoms with Crippen LogP contribution in [0.2, 0.25) is 0 Å².